The lowest BCUT2D eigenvalue weighted by atomic mass is 10.1. The number of hydrogen-bond acceptors (Lipinski definition) is 7. The van der Waals surface area contributed by atoms with Crippen LogP contribution in [0.4, 0.5) is 17.3 Å². The molecule has 0 fully saturated rings. The Hall–Kier alpha value is -4.33. The summed E-state index contributed by atoms with van der Waals surface area (Å²) in [5.41, 5.74) is 10.1. The summed E-state index contributed by atoms with van der Waals surface area (Å²) >= 11 is 0. The second kappa shape index (κ2) is 7.83. The highest BCUT2D eigenvalue weighted by Gasteiger charge is 2.12. The fourth-order valence-corrected chi connectivity index (χ4v) is 3.30. The molecule has 0 radical (unpaired) electrons. The molecule has 0 saturated carbocycles. The van der Waals surface area contributed by atoms with Gasteiger partial charge in [0.2, 0.25) is 5.82 Å². The highest BCUT2D eigenvalue weighted by atomic mass is 15.3. The van der Waals surface area contributed by atoms with E-state index in [0.717, 1.165) is 22.5 Å². The zero-order valence-corrected chi connectivity index (χ0v) is 16.9. The Morgan fingerprint density at radius 1 is 0.935 bits per heavy atom. The Bertz CT molecular complexity index is 1360. The predicted molar refractivity (Wildman–Crippen MR) is 120 cm³/mol. The third kappa shape index (κ3) is 4.04. The maximum absolute atomic E-state index is 5.77. The van der Waals surface area contributed by atoms with Gasteiger partial charge in [0.1, 0.15) is 22.9 Å². The van der Waals surface area contributed by atoms with E-state index in [1.807, 2.05) is 73.8 Å². The van der Waals surface area contributed by atoms with Crippen LogP contribution in [0.25, 0.3) is 17.0 Å². The van der Waals surface area contributed by atoms with Crippen LogP contribution < -0.4 is 11.1 Å². The summed E-state index contributed by atoms with van der Waals surface area (Å²) in [6.45, 7) is 1.94. The smallest absolute Gasteiger partial charge is 0.200 e. The number of hydrogen-bond donors (Lipinski definition) is 2. The lowest BCUT2D eigenvalue weighted by Crippen LogP contribution is -2.06. The number of pyridine rings is 1. The highest BCUT2D eigenvalue weighted by molar-refractivity contribution is 5.73. The third-order valence-corrected chi connectivity index (χ3v) is 4.80. The van der Waals surface area contributed by atoms with E-state index in [-0.39, 0.29) is 0 Å². The van der Waals surface area contributed by atoms with Crippen LogP contribution in [0.2, 0.25) is 0 Å². The number of fused-ring (bicyclic) bond motifs is 1. The molecule has 0 amide bonds. The molecule has 4 heterocycles. The van der Waals surface area contributed by atoms with E-state index in [0.29, 0.717) is 35.4 Å². The van der Waals surface area contributed by atoms with Crippen LogP contribution >= 0.6 is 0 Å². The number of rotatable bonds is 5. The lowest BCUT2D eigenvalue weighted by molar-refractivity contribution is 0.906. The summed E-state index contributed by atoms with van der Waals surface area (Å²) in [7, 11) is 0. The van der Waals surface area contributed by atoms with Crippen LogP contribution in [0.1, 0.15) is 17.1 Å². The van der Waals surface area contributed by atoms with Crippen LogP contribution in [-0.4, -0.2) is 29.5 Å². The van der Waals surface area contributed by atoms with Crippen LogP contribution in [0.5, 0.6) is 0 Å². The Morgan fingerprint density at radius 3 is 2.65 bits per heavy atom. The van der Waals surface area contributed by atoms with Crippen LogP contribution in [0.3, 0.4) is 0 Å². The van der Waals surface area contributed by atoms with Crippen molar-refractivity contribution in [2.24, 2.45) is 0 Å². The van der Waals surface area contributed by atoms with Crippen molar-refractivity contribution >= 4 is 22.8 Å². The number of nitrogens with one attached hydrogen (secondary N) is 1. The summed E-state index contributed by atoms with van der Waals surface area (Å²) in [6, 6.07) is 19.2. The average Bonchev–Trinajstić information content (AvgIpc) is 3.25. The standard InChI is InChI=1S/C23H20N8/c1-15-4-2-5-18(26-15)22-29-23(19-6-3-13-31(19)30-22)28-20-11-12-25-21(27-20)14-16-7-9-17(24)10-8-16/h2-13H,14,24H2,1H3,(H,25,27,28,29,30). The van der Waals surface area contributed by atoms with E-state index in [1.165, 1.54) is 0 Å². The SMILES string of the molecule is Cc1cccc(-c2nc(Nc3ccnc(Cc4ccc(N)cc4)n3)c3cccn3n2)n1. The molecule has 31 heavy (non-hydrogen) atoms. The number of aryl methyl sites for hydroxylation is 1. The first kappa shape index (κ1) is 18.7. The zero-order valence-electron chi connectivity index (χ0n) is 16.9. The molecule has 0 bridgehead atoms. The highest BCUT2D eigenvalue weighted by Crippen LogP contribution is 2.22. The molecule has 0 aliphatic heterocycles. The summed E-state index contributed by atoms with van der Waals surface area (Å²) in [5, 5.41) is 7.91. The van der Waals surface area contributed by atoms with E-state index in [1.54, 1.807) is 10.7 Å². The first-order valence-corrected chi connectivity index (χ1v) is 9.87. The third-order valence-electron chi connectivity index (χ3n) is 4.80. The van der Waals surface area contributed by atoms with Gasteiger partial charge in [0, 0.05) is 30.2 Å². The van der Waals surface area contributed by atoms with Gasteiger partial charge in [-0.1, -0.05) is 18.2 Å². The molecule has 0 atom stereocenters. The molecule has 8 heteroatoms. The Labute approximate surface area is 178 Å². The topological polar surface area (TPSA) is 107 Å². The Kier molecular flexibility index (Phi) is 4.72. The fourth-order valence-electron chi connectivity index (χ4n) is 3.30. The average molecular weight is 408 g/mol. The quantitative estimate of drug-likeness (QED) is 0.426. The molecular formula is C23H20N8. The number of nitrogens with two attached hydrogens (primary N) is 1. The van der Waals surface area contributed by atoms with Gasteiger partial charge in [-0.2, -0.15) is 0 Å². The van der Waals surface area contributed by atoms with Crippen molar-refractivity contribution < 1.29 is 0 Å². The van der Waals surface area contributed by atoms with E-state index in [9.17, 15) is 0 Å². The molecule has 0 spiro atoms. The van der Waals surface area contributed by atoms with E-state index >= 15 is 0 Å². The maximum atomic E-state index is 5.77. The van der Waals surface area contributed by atoms with Gasteiger partial charge in [-0.05, 0) is 55.0 Å². The minimum absolute atomic E-state index is 0.533. The van der Waals surface area contributed by atoms with Gasteiger partial charge in [-0.15, -0.1) is 5.10 Å². The molecule has 8 nitrogen and oxygen atoms in total. The second-order valence-electron chi connectivity index (χ2n) is 7.19. The lowest BCUT2D eigenvalue weighted by Gasteiger charge is -2.10. The summed E-state index contributed by atoms with van der Waals surface area (Å²) in [5.74, 6) is 2.54. The van der Waals surface area contributed by atoms with Crippen LogP contribution in [-0.2, 0) is 6.42 Å². The number of nitrogen functional groups attached to an aromatic ring is 1. The molecule has 5 rings (SSSR count). The Balaban J connectivity index is 1.47. The van der Waals surface area contributed by atoms with Crippen molar-refractivity contribution in [3.63, 3.8) is 0 Å². The molecule has 4 aromatic heterocycles. The minimum Gasteiger partial charge on any atom is -0.399 e. The van der Waals surface area contributed by atoms with Crippen molar-refractivity contribution in [1.29, 1.82) is 0 Å². The van der Waals surface area contributed by atoms with Gasteiger partial charge < -0.3 is 11.1 Å². The molecule has 0 aliphatic rings. The van der Waals surface area contributed by atoms with Gasteiger partial charge in [0.05, 0.1) is 0 Å². The molecule has 0 aliphatic carbocycles. The van der Waals surface area contributed by atoms with Crippen molar-refractivity contribution in [3.05, 3.63) is 90.1 Å². The largest absolute Gasteiger partial charge is 0.399 e. The second-order valence-corrected chi connectivity index (χ2v) is 7.19. The van der Waals surface area contributed by atoms with Gasteiger partial charge in [-0.3, -0.25) is 0 Å². The summed E-state index contributed by atoms with van der Waals surface area (Å²) in [6.07, 6.45) is 4.23. The van der Waals surface area contributed by atoms with Gasteiger partial charge in [-0.25, -0.2) is 24.5 Å². The minimum atomic E-state index is 0.533. The summed E-state index contributed by atoms with van der Waals surface area (Å²) in [4.78, 5) is 18.3. The van der Waals surface area contributed by atoms with Crippen LogP contribution in [0, 0.1) is 6.92 Å². The monoisotopic (exact) mass is 408 g/mol. The normalized spacial score (nSPS) is 11.0. The number of anilines is 3. The van der Waals surface area contributed by atoms with Crippen LogP contribution in [0.15, 0.2) is 73.1 Å². The number of benzene rings is 1. The number of nitrogens with zero attached hydrogens (tertiary/aromatic N) is 6. The van der Waals surface area contributed by atoms with E-state index in [2.05, 4.69) is 25.4 Å². The van der Waals surface area contributed by atoms with Crippen molar-refractivity contribution in [2.45, 2.75) is 13.3 Å². The molecule has 3 N–H and O–H groups in total. The summed E-state index contributed by atoms with van der Waals surface area (Å²) < 4.78 is 1.78. The van der Waals surface area contributed by atoms with Crippen molar-refractivity contribution in [3.8, 4) is 11.5 Å². The van der Waals surface area contributed by atoms with Gasteiger partial charge in [0.15, 0.2) is 5.82 Å². The van der Waals surface area contributed by atoms with E-state index in [4.69, 9.17) is 10.7 Å². The molecular weight excluding hydrogens is 388 g/mol. The predicted octanol–water partition coefficient (Wildman–Crippen LogP) is 3.81. The fraction of sp³-hybridized carbons (Fsp3) is 0.0870. The first-order chi connectivity index (χ1) is 15.1. The van der Waals surface area contributed by atoms with Crippen molar-refractivity contribution in [1.82, 2.24) is 29.5 Å². The molecule has 5 aromatic rings. The van der Waals surface area contributed by atoms with E-state index < -0.39 is 0 Å². The van der Waals surface area contributed by atoms with Crippen molar-refractivity contribution in [2.75, 3.05) is 11.1 Å². The van der Waals surface area contributed by atoms with Gasteiger partial charge >= 0.3 is 0 Å². The maximum Gasteiger partial charge on any atom is 0.200 e. The molecule has 152 valence electrons. The molecule has 0 saturated heterocycles. The molecule has 0 unspecified atom stereocenters. The zero-order chi connectivity index (χ0) is 21.2. The first-order valence-electron chi connectivity index (χ1n) is 9.87. The molecule has 1 aromatic carbocycles. The number of aromatic nitrogens is 6. The Morgan fingerprint density at radius 2 is 1.81 bits per heavy atom. The van der Waals surface area contributed by atoms with Gasteiger partial charge in [0.25, 0.3) is 0 Å².